The molecule has 9 nitrogen and oxygen atoms in total. The van der Waals surface area contributed by atoms with Crippen LogP contribution in [0.3, 0.4) is 0 Å². The first-order valence-electron chi connectivity index (χ1n) is 9.49. The minimum atomic E-state index is -1.91. The van der Waals surface area contributed by atoms with Gasteiger partial charge in [-0.15, -0.1) is 0 Å². The Kier molecular flexibility index (Phi) is 5.83. The van der Waals surface area contributed by atoms with E-state index in [0.717, 1.165) is 0 Å². The van der Waals surface area contributed by atoms with Crippen LogP contribution in [-0.4, -0.2) is 37.6 Å². The normalized spacial score (nSPS) is 19.6. The molecule has 2 heterocycles. The monoisotopic (exact) mass is 423 g/mol. The van der Waals surface area contributed by atoms with Crippen LogP contribution in [0.15, 0.2) is 59.7 Å². The van der Waals surface area contributed by atoms with E-state index in [4.69, 9.17) is 19.9 Å². The number of esters is 2. The first kappa shape index (κ1) is 21.6. The Bertz CT molecular complexity index is 1080. The number of carbonyl (C=O) groups excluding carboxylic acids is 3. The van der Waals surface area contributed by atoms with Gasteiger partial charge in [-0.25, -0.2) is 4.79 Å². The van der Waals surface area contributed by atoms with Gasteiger partial charge in [-0.05, 0) is 19.9 Å². The van der Waals surface area contributed by atoms with Crippen molar-refractivity contribution in [2.75, 3.05) is 24.7 Å². The van der Waals surface area contributed by atoms with Crippen molar-refractivity contribution in [3.05, 3.63) is 65.3 Å². The summed E-state index contributed by atoms with van der Waals surface area (Å²) in [4.78, 5) is 40.3. The van der Waals surface area contributed by atoms with E-state index in [9.17, 15) is 19.6 Å². The molecule has 9 heteroatoms. The third kappa shape index (κ3) is 3.22. The van der Waals surface area contributed by atoms with Crippen molar-refractivity contribution in [3.8, 4) is 6.07 Å². The van der Waals surface area contributed by atoms with Gasteiger partial charge in [-0.3, -0.25) is 14.5 Å². The fourth-order valence-corrected chi connectivity index (χ4v) is 3.91. The Morgan fingerprint density at radius 1 is 1.35 bits per heavy atom. The average Bonchev–Trinajstić information content (AvgIpc) is 2.96. The van der Waals surface area contributed by atoms with Gasteiger partial charge in [0.1, 0.15) is 36.1 Å². The van der Waals surface area contributed by atoms with Crippen LogP contribution in [0.25, 0.3) is 0 Å². The Morgan fingerprint density at radius 2 is 2.06 bits per heavy atom. The molecule has 1 spiro atoms. The molecule has 0 saturated heterocycles. The summed E-state index contributed by atoms with van der Waals surface area (Å²) in [5.74, 6) is -2.48. The number of para-hydroxylation sites is 1. The van der Waals surface area contributed by atoms with Gasteiger partial charge in [0.2, 0.25) is 11.8 Å². The van der Waals surface area contributed by atoms with Crippen molar-refractivity contribution < 1.29 is 28.6 Å². The smallest absolute Gasteiger partial charge is 0.339 e. The van der Waals surface area contributed by atoms with Crippen molar-refractivity contribution >= 4 is 23.5 Å². The SMILES string of the molecule is C=CCOC(=O)C1=C(C)OC(N)=C(C#N)[C@]12C(=O)N(CC(=O)OCC)c1ccccc12. The lowest BCUT2D eigenvalue weighted by Gasteiger charge is -2.34. The summed E-state index contributed by atoms with van der Waals surface area (Å²) in [6.45, 7) is 6.23. The molecule has 160 valence electrons. The second-order valence-corrected chi connectivity index (χ2v) is 6.73. The number of nitrogens with zero attached hydrogens (tertiary/aromatic N) is 2. The lowest BCUT2D eigenvalue weighted by molar-refractivity contribution is -0.142. The molecular weight excluding hydrogens is 402 g/mol. The number of rotatable bonds is 6. The largest absolute Gasteiger partial charge is 0.465 e. The third-order valence-corrected chi connectivity index (χ3v) is 5.02. The number of allylic oxidation sites excluding steroid dienone is 1. The summed E-state index contributed by atoms with van der Waals surface area (Å²) >= 11 is 0. The van der Waals surface area contributed by atoms with Crippen LogP contribution in [0, 0.1) is 11.3 Å². The highest BCUT2D eigenvalue weighted by Crippen LogP contribution is 2.54. The number of nitrogens with two attached hydrogens (primary N) is 1. The van der Waals surface area contributed by atoms with Crippen LogP contribution < -0.4 is 10.6 Å². The minimum absolute atomic E-state index is 0.0201. The predicted octanol–water partition coefficient (Wildman–Crippen LogP) is 1.56. The molecule has 2 N–H and O–H groups in total. The molecule has 3 rings (SSSR count). The number of carbonyl (C=O) groups is 3. The topological polar surface area (TPSA) is 132 Å². The van der Waals surface area contributed by atoms with Crippen LogP contribution >= 0.6 is 0 Å². The van der Waals surface area contributed by atoms with Gasteiger partial charge in [0, 0.05) is 11.3 Å². The second kappa shape index (κ2) is 8.36. The van der Waals surface area contributed by atoms with E-state index < -0.39 is 29.8 Å². The molecular formula is C22H21N3O6. The molecule has 1 amide bonds. The minimum Gasteiger partial charge on any atom is -0.465 e. The quantitative estimate of drug-likeness (QED) is 0.539. The lowest BCUT2D eigenvalue weighted by atomic mass is 9.68. The summed E-state index contributed by atoms with van der Waals surface area (Å²) in [6, 6.07) is 8.47. The molecule has 0 aliphatic carbocycles. The number of amides is 1. The van der Waals surface area contributed by atoms with E-state index in [-0.39, 0.29) is 36.0 Å². The number of hydrogen-bond donors (Lipinski definition) is 1. The molecule has 0 radical (unpaired) electrons. The van der Waals surface area contributed by atoms with E-state index in [2.05, 4.69) is 6.58 Å². The van der Waals surface area contributed by atoms with Crippen molar-refractivity contribution in [2.24, 2.45) is 5.73 Å². The number of ether oxygens (including phenoxy) is 3. The number of benzene rings is 1. The van der Waals surface area contributed by atoms with E-state index in [1.54, 1.807) is 31.2 Å². The van der Waals surface area contributed by atoms with Gasteiger partial charge >= 0.3 is 11.9 Å². The summed E-state index contributed by atoms with van der Waals surface area (Å²) in [6.07, 6.45) is 1.37. The molecule has 0 fully saturated rings. The van der Waals surface area contributed by atoms with E-state index in [1.807, 2.05) is 6.07 Å². The van der Waals surface area contributed by atoms with Crippen molar-refractivity contribution in [2.45, 2.75) is 19.3 Å². The van der Waals surface area contributed by atoms with Gasteiger partial charge < -0.3 is 19.9 Å². The maximum Gasteiger partial charge on any atom is 0.339 e. The molecule has 2 aliphatic rings. The summed E-state index contributed by atoms with van der Waals surface area (Å²) in [5.41, 5.74) is 4.30. The average molecular weight is 423 g/mol. The molecule has 0 bridgehead atoms. The predicted molar refractivity (Wildman–Crippen MR) is 109 cm³/mol. The van der Waals surface area contributed by atoms with E-state index >= 15 is 0 Å². The second-order valence-electron chi connectivity index (χ2n) is 6.73. The van der Waals surface area contributed by atoms with Gasteiger partial charge in [0.25, 0.3) is 0 Å². The number of nitriles is 1. The highest BCUT2D eigenvalue weighted by molar-refractivity contribution is 6.19. The lowest BCUT2D eigenvalue weighted by Crippen LogP contribution is -2.49. The number of fused-ring (bicyclic) bond motifs is 2. The first-order valence-corrected chi connectivity index (χ1v) is 9.49. The van der Waals surface area contributed by atoms with Crippen molar-refractivity contribution in [1.82, 2.24) is 0 Å². The van der Waals surface area contributed by atoms with Crippen LogP contribution in [0.4, 0.5) is 5.69 Å². The molecule has 1 aromatic rings. The standard InChI is InChI=1S/C22H21N3O6/c1-4-10-30-20(27)18-13(3)31-19(24)15(11-23)22(18)14-8-6-7-9-16(14)25(21(22)28)12-17(26)29-5-2/h4,6-9H,1,5,10,12,24H2,2-3H3/t22-/m0/s1. The number of anilines is 1. The van der Waals surface area contributed by atoms with Gasteiger partial charge in [-0.1, -0.05) is 30.9 Å². The van der Waals surface area contributed by atoms with Crippen LogP contribution in [0.5, 0.6) is 0 Å². The highest BCUT2D eigenvalue weighted by atomic mass is 16.5. The fourth-order valence-electron chi connectivity index (χ4n) is 3.91. The summed E-state index contributed by atoms with van der Waals surface area (Å²) in [7, 11) is 0. The zero-order valence-corrected chi connectivity index (χ0v) is 17.1. The molecule has 0 aromatic heterocycles. The molecule has 0 saturated carbocycles. The molecule has 2 aliphatic heterocycles. The van der Waals surface area contributed by atoms with E-state index in [1.165, 1.54) is 17.9 Å². The first-order chi connectivity index (χ1) is 14.8. The molecule has 1 atom stereocenters. The van der Waals surface area contributed by atoms with Crippen molar-refractivity contribution in [3.63, 3.8) is 0 Å². The van der Waals surface area contributed by atoms with Crippen LogP contribution in [-0.2, 0) is 34.0 Å². The van der Waals surface area contributed by atoms with Gasteiger partial charge in [0.15, 0.2) is 5.41 Å². The zero-order valence-electron chi connectivity index (χ0n) is 17.1. The Balaban J connectivity index is 2.30. The highest BCUT2D eigenvalue weighted by Gasteiger charge is 2.62. The number of hydrogen-bond acceptors (Lipinski definition) is 8. The third-order valence-electron chi connectivity index (χ3n) is 5.02. The van der Waals surface area contributed by atoms with Crippen LogP contribution in [0.2, 0.25) is 0 Å². The summed E-state index contributed by atoms with van der Waals surface area (Å²) in [5, 5.41) is 9.92. The van der Waals surface area contributed by atoms with Gasteiger partial charge in [0.05, 0.1) is 6.61 Å². The molecule has 0 unspecified atom stereocenters. The maximum absolute atomic E-state index is 13.9. The summed E-state index contributed by atoms with van der Waals surface area (Å²) < 4.78 is 15.6. The Morgan fingerprint density at radius 3 is 2.71 bits per heavy atom. The zero-order chi connectivity index (χ0) is 22.8. The van der Waals surface area contributed by atoms with E-state index in [0.29, 0.717) is 11.3 Å². The maximum atomic E-state index is 13.9. The Labute approximate surface area is 179 Å². The Hall–Kier alpha value is -4.06. The molecule has 31 heavy (non-hydrogen) atoms. The van der Waals surface area contributed by atoms with Gasteiger partial charge in [-0.2, -0.15) is 5.26 Å². The molecule has 1 aromatic carbocycles. The van der Waals surface area contributed by atoms with Crippen LogP contribution in [0.1, 0.15) is 19.4 Å². The fraction of sp³-hybridized carbons (Fsp3) is 0.273. The van der Waals surface area contributed by atoms with Crippen molar-refractivity contribution in [1.29, 1.82) is 5.26 Å².